The van der Waals surface area contributed by atoms with Gasteiger partial charge < -0.3 is 15.2 Å². The minimum absolute atomic E-state index is 0.356. The monoisotopic (exact) mass is 293 g/mol. The van der Waals surface area contributed by atoms with E-state index in [0.717, 1.165) is 11.1 Å². The van der Waals surface area contributed by atoms with E-state index in [9.17, 15) is 0 Å². The van der Waals surface area contributed by atoms with E-state index in [1.807, 2.05) is 18.2 Å². The van der Waals surface area contributed by atoms with Crippen molar-refractivity contribution >= 4 is 17.2 Å². The van der Waals surface area contributed by atoms with Crippen molar-refractivity contribution in [1.29, 1.82) is 0 Å². The third-order valence-corrected chi connectivity index (χ3v) is 4.25. The highest BCUT2D eigenvalue weighted by atomic mass is 32.1. The van der Waals surface area contributed by atoms with Crippen molar-refractivity contribution in [2.75, 3.05) is 7.11 Å². The first-order chi connectivity index (χ1) is 9.61. The van der Waals surface area contributed by atoms with Crippen LogP contribution in [0.1, 0.15) is 43.7 Å². The first kappa shape index (κ1) is 15.3. The van der Waals surface area contributed by atoms with E-state index in [1.54, 1.807) is 7.11 Å². The Balaban J connectivity index is 2.02. The molecule has 3 nitrogen and oxygen atoms in total. The smallest absolute Gasteiger partial charge is 0.129 e. The van der Waals surface area contributed by atoms with Crippen molar-refractivity contribution in [3.63, 3.8) is 0 Å². The second kappa shape index (κ2) is 7.04. The number of rotatable bonds is 5. The van der Waals surface area contributed by atoms with E-state index >= 15 is 0 Å². The molecule has 0 radical (unpaired) electrons. The van der Waals surface area contributed by atoms with E-state index in [1.165, 1.54) is 25.7 Å². The summed E-state index contributed by atoms with van der Waals surface area (Å²) in [6.45, 7) is 2.88. The standard InChI is InChI=1S/C16H23NO2S/c1-11-5-3-4-6-14(11)19-10-12-7-8-15(18-2)13(9-12)16(17)20/h7-9,11,14H,3-6,10H2,1-2H3,(H2,17,20). The van der Waals surface area contributed by atoms with Crippen LogP contribution >= 0.6 is 12.2 Å². The maximum absolute atomic E-state index is 6.06. The molecule has 1 aromatic carbocycles. The average Bonchev–Trinajstić information content (AvgIpc) is 2.46. The Bertz CT molecular complexity index is 476. The third-order valence-electron chi connectivity index (χ3n) is 4.03. The molecular formula is C16H23NO2S. The van der Waals surface area contributed by atoms with E-state index < -0.39 is 0 Å². The van der Waals surface area contributed by atoms with Gasteiger partial charge in [0.25, 0.3) is 0 Å². The van der Waals surface area contributed by atoms with Gasteiger partial charge in [0, 0.05) is 0 Å². The van der Waals surface area contributed by atoms with Crippen molar-refractivity contribution in [2.45, 2.75) is 45.3 Å². The van der Waals surface area contributed by atoms with Crippen LogP contribution in [0.25, 0.3) is 0 Å². The molecule has 2 N–H and O–H groups in total. The zero-order valence-corrected chi connectivity index (χ0v) is 13.0. The summed E-state index contributed by atoms with van der Waals surface area (Å²) in [6.07, 6.45) is 5.41. The van der Waals surface area contributed by atoms with Gasteiger partial charge in [0.15, 0.2) is 0 Å². The van der Waals surface area contributed by atoms with Gasteiger partial charge in [-0.05, 0) is 36.5 Å². The SMILES string of the molecule is COc1ccc(COC2CCCCC2C)cc1C(N)=S. The van der Waals surface area contributed by atoms with Crippen LogP contribution < -0.4 is 10.5 Å². The quantitative estimate of drug-likeness (QED) is 0.845. The maximum atomic E-state index is 6.06. The molecule has 4 heteroatoms. The van der Waals surface area contributed by atoms with Gasteiger partial charge >= 0.3 is 0 Å². The van der Waals surface area contributed by atoms with Crippen LogP contribution in [0.5, 0.6) is 5.75 Å². The lowest BCUT2D eigenvalue weighted by atomic mass is 9.88. The Morgan fingerprint density at radius 3 is 2.75 bits per heavy atom. The Morgan fingerprint density at radius 1 is 1.35 bits per heavy atom. The summed E-state index contributed by atoms with van der Waals surface area (Å²) in [6, 6.07) is 5.88. The molecule has 0 aromatic heterocycles. The Morgan fingerprint density at radius 2 is 2.10 bits per heavy atom. The minimum atomic E-state index is 0.356. The Kier molecular flexibility index (Phi) is 5.38. The molecule has 0 saturated heterocycles. The molecule has 1 aromatic rings. The number of hydrogen-bond acceptors (Lipinski definition) is 3. The normalized spacial score (nSPS) is 22.5. The van der Waals surface area contributed by atoms with Crippen molar-refractivity contribution in [1.82, 2.24) is 0 Å². The summed E-state index contributed by atoms with van der Waals surface area (Å²) in [7, 11) is 1.62. The lowest BCUT2D eigenvalue weighted by Gasteiger charge is -2.28. The summed E-state index contributed by atoms with van der Waals surface area (Å²) in [5.41, 5.74) is 7.60. The van der Waals surface area contributed by atoms with Gasteiger partial charge in [0.05, 0.1) is 25.4 Å². The molecule has 110 valence electrons. The number of nitrogens with two attached hydrogens (primary N) is 1. The van der Waals surface area contributed by atoms with Crippen LogP contribution in [0.3, 0.4) is 0 Å². The molecule has 1 aliphatic rings. The summed E-state index contributed by atoms with van der Waals surface area (Å²) in [5.74, 6) is 1.37. The highest BCUT2D eigenvalue weighted by Gasteiger charge is 2.21. The summed E-state index contributed by atoms with van der Waals surface area (Å²) in [4.78, 5) is 0.356. The zero-order chi connectivity index (χ0) is 14.5. The van der Waals surface area contributed by atoms with Crippen molar-refractivity contribution < 1.29 is 9.47 Å². The predicted molar refractivity (Wildman–Crippen MR) is 85.1 cm³/mol. The number of ether oxygens (including phenoxy) is 2. The molecule has 2 rings (SSSR count). The van der Waals surface area contributed by atoms with Crippen LogP contribution in [-0.2, 0) is 11.3 Å². The molecule has 0 spiro atoms. The molecular weight excluding hydrogens is 270 g/mol. The number of thiocarbonyl (C=S) groups is 1. The molecule has 1 aliphatic carbocycles. The van der Waals surface area contributed by atoms with E-state index in [-0.39, 0.29) is 0 Å². The average molecular weight is 293 g/mol. The number of methoxy groups -OCH3 is 1. The summed E-state index contributed by atoms with van der Waals surface area (Å²) in [5, 5.41) is 0. The van der Waals surface area contributed by atoms with Crippen molar-refractivity contribution in [3.05, 3.63) is 29.3 Å². The van der Waals surface area contributed by atoms with Crippen molar-refractivity contribution in [3.8, 4) is 5.75 Å². The molecule has 2 atom stereocenters. The first-order valence-electron chi connectivity index (χ1n) is 7.20. The van der Waals surface area contributed by atoms with E-state index in [2.05, 4.69) is 6.92 Å². The van der Waals surface area contributed by atoms with E-state index in [0.29, 0.717) is 29.4 Å². The Labute approximate surface area is 126 Å². The van der Waals surface area contributed by atoms with Gasteiger partial charge in [-0.2, -0.15) is 0 Å². The van der Waals surface area contributed by atoms with Crippen LogP contribution in [0.2, 0.25) is 0 Å². The summed E-state index contributed by atoms with van der Waals surface area (Å²) >= 11 is 5.06. The molecule has 2 unspecified atom stereocenters. The van der Waals surface area contributed by atoms with Gasteiger partial charge in [-0.3, -0.25) is 0 Å². The van der Waals surface area contributed by atoms with Crippen LogP contribution in [-0.4, -0.2) is 18.2 Å². The minimum Gasteiger partial charge on any atom is -0.496 e. The van der Waals surface area contributed by atoms with E-state index in [4.69, 9.17) is 27.4 Å². The van der Waals surface area contributed by atoms with Gasteiger partial charge in [0.1, 0.15) is 10.7 Å². The first-order valence-corrected chi connectivity index (χ1v) is 7.61. The zero-order valence-electron chi connectivity index (χ0n) is 12.2. The highest BCUT2D eigenvalue weighted by molar-refractivity contribution is 7.80. The topological polar surface area (TPSA) is 44.5 Å². The molecule has 1 fully saturated rings. The lowest BCUT2D eigenvalue weighted by Crippen LogP contribution is -2.25. The van der Waals surface area contributed by atoms with Crippen molar-refractivity contribution in [2.24, 2.45) is 11.7 Å². The molecule has 0 amide bonds. The Hall–Kier alpha value is -1.13. The largest absolute Gasteiger partial charge is 0.496 e. The predicted octanol–water partition coefficient (Wildman–Crippen LogP) is 3.42. The van der Waals surface area contributed by atoms with Gasteiger partial charge in [-0.1, -0.05) is 38.0 Å². The second-order valence-corrected chi connectivity index (χ2v) is 5.95. The third kappa shape index (κ3) is 3.70. The lowest BCUT2D eigenvalue weighted by molar-refractivity contribution is -0.0154. The van der Waals surface area contributed by atoms with Gasteiger partial charge in [-0.15, -0.1) is 0 Å². The second-order valence-electron chi connectivity index (χ2n) is 5.51. The molecule has 1 saturated carbocycles. The van der Waals surface area contributed by atoms with Crippen LogP contribution in [0, 0.1) is 5.92 Å². The fourth-order valence-corrected chi connectivity index (χ4v) is 2.93. The molecule has 0 aliphatic heterocycles. The van der Waals surface area contributed by atoms with Crippen LogP contribution in [0.15, 0.2) is 18.2 Å². The highest BCUT2D eigenvalue weighted by Crippen LogP contribution is 2.27. The maximum Gasteiger partial charge on any atom is 0.129 e. The fraction of sp³-hybridized carbons (Fsp3) is 0.562. The molecule has 0 heterocycles. The molecule has 0 bridgehead atoms. The fourth-order valence-electron chi connectivity index (χ4n) is 2.77. The van der Waals surface area contributed by atoms with Crippen LogP contribution in [0.4, 0.5) is 0 Å². The molecule has 20 heavy (non-hydrogen) atoms. The van der Waals surface area contributed by atoms with Gasteiger partial charge in [0.2, 0.25) is 0 Å². The number of benzene rings is 1. The summed E-state index contributed by atoms with van der Waals surface area (Å²) < 4.78 is 11.3. The number of hydrogen-bond donors (Lipinski definition) is 1. The van der Waals surface area contributed by atoms with Gasteiger partial charge in [-0.25, -0.2) is 0 Å².